The third kappa shape index (κ3) is 5.23. The number of aliphatic carboxylic acids is 1. The van der Waals surface area contributed by atoms with Crippen LogP contribution in [-0.2, 0) is 9.53 Å². The van der Waals surface area contributed by atoms with Crippen molar-refractivity contribution in [1.29, 1.82) is 0 Å². The van der Waals surface area contributed by atoms with Crippen LogP contribution in [0.1, 0.15) is 43.7 Å². The number of ether oxygens (including phenoxy) is 1. The molecular formula is C21H26N4O4. The van der Waals surface area contributed by atoms with Crippen LogP contribution in [0.4, 0.5) is 16.2 Å². The molecule has 0 radical (unpaired) electrons. The molecule has 2 heterocycles. The molecule has 154 valence electrons. The maximum atomic E-state index is 11.8. The van der Waals surface area contributed by atoms with Gasteiger partial charge in [-0.3, -0.25) is 10.3 Å². The van der Waals surface area contributed by atoms with Gasteiger partial charge >= 0.3 is 12.1 Å². The molecule has 8 nitrogen and oxygen atoms in total. The minimum atomic E-state index is -0.916. The molecule has 1 aromatic heterocycles. The zero-order valence-electron chi connectivity index (χ0n) is 16.4. The van der Waals surface area contributed by atoms with Crippen LogP contribution in [0.2, 0.25) is 0 Å². The van der Waals surface area contributed by atoms with Gasteiger partial charge in [0.1, 0.15) is 6.04 Å². The lowest BCUT2D eigenvalue weighted by molar-refractivity contribution is -0.138. The number of carboxylic acid groups (broad SMARTS) is 1. The van der Waals surface area contributed by atoms with Gasteiger partial charge in [-0.1, -0.05) is 25.3 Å². The summed E-state index contributed by atoms with van der Waals surface area (Å²) < 4.78 is 4.64. The number of carbonyl (C=O) groups excluding carboxylic acids is 1. The van der Waals surface area contributed by atoms with Crippen molar-refractivity contribution in [3.8, 4) is 11.1 Å². The van der Waals surface area contributed by atoms with Crippen LogP contribution < -0.4 is 16.4 Å². The summed E-state index contributed by atoms with van der Waals surface area (Å²) in [7, 11) is 1.28. The van der Waals surface area contributed by atoms with Crippen molar-refractivity contribution in [3.63, 3.8) is 0 Å². The van der Waals surface area contributed by atoms with Crippen molar-refractivity contribution in [2.75, 3.05) is 17.7 Å². The van der Waals surface area contributed by atoms with Gasteiger partial charge in [0, 0.05) is 40.9 Å². The lowest BCUT2D eigenvalue weighted by atomic mass is 9.98. The number of nitrogens with two attached hydrogens (primary N) is 1. The van der Waals surface area contributed by atoms with Crippen LogP contribution in [0.15, 0.2) is 36.7 Å². The minimum Gasteiger partial charge on any atom is -0.480 e. The van der Waals surface area contributed by atoms with Crippen LogP contribution in [0.5, 0.6) is 0 Å². The standard InChI is InChI=1S/C21H26N4O4/c1-29-21(28)24-15-7-8-16-13-9-14(12-23-11-13)17(22)5-3-2-4-6-18(20(26)27)25-19(16)10-15/h7-12,17-18,25H,2-6,22H2,1H3,(H,24,28)(H,26,27)/t17-,18+/m0/s1. The highest BCUT2D eigenvalue weighted by atomic mass is 16.5. The molecule has 0 saturated carbocycles. The van der Waals surface area contributed by atoms with Crippen LogP contribution in [0.3, 0.4) is 0 Å². The first-order valence-corrected chi connectivity index (χ1v) is 9.67. The number of hydrogen-bond acceptors (Lipinski definition) is 6. The quantitative estimate of drug-likeness (QED) is 0.607. The van der Waals surface area contributed by atoms with E-state index in [1.807, 2.05) is 12.1 Å². The molecule has 5 N–H and O–H groups in total. The number of fused-ring (bicyclic) bond motifs is 4. The molecule has 1 aromatic carbocycles. The van der Waals surface area contributed by atoms with Gasteiger partial charge < -0.3 is 20.9 Å². The van der Waals surface area contributed by atoms with Crippen molar-refractivity contribution in [3.05, 3.63) is 42.2 Å². The fourth-order valence-electron chi connectivity index (χ4n) is 3.47. The van der Waals surface area contributed by atoms with Crippen molar-refractivity contribution >= 4 is 23.4 Å². The Bertz CT molecular complexity index is 887. The van der Waals surface area contributed by atoms with Gasteiger partial charge in [-0.25, -0.2) is 9.59 Å². The summed E-state index contributed by atoms with van der Waals surface area (Å²) in [6.45, 7) is 0. The number of rotatable bonds is 2. The number of nitrogens with zero attached hydrogens (tertiary/aromatic N) is 1. The van der Waals surface area contributed by atoms with Crippen LogP contribution >= 0.6 is 0 Å². The van der Waals surface area contributed by atoms with E-state index in [0.717, 1.165) is 42.4 Å². The number of aromatic nitrogens is 1. The van der Waals surface area contributed by atoms with Crippen LogP contribution in [0, 0.1) is 0 Å². The molecule has 1 aliphatic rings. The van der Waals surface area contributed by atoms with Gasteiger partial charge in [0.05, 0.1) is 7.11 Å². The van der Waals surface area contributed by atoms with E-state index in [-0.39, 0.29) is 6.04 Å². The first-order chi connectivity index (χ1) is 14.0. The van der Waals surface area contributed by atoms with Crippen LogP contribution in [0.25, 0.3) is 11.1 Å². The molecule has 0 aliphatic carbocycles. The summed E-state index contributed by atoms with van der Waals surface area (Å²) in [5, 5.41) is 15.4. The number of benzene rings is 1. The molecule has 2 atom stereocenters. The van der Waals surface area contributed by atoms with Crippen molar-refractivity contribution in [2.45, 2.75) is 44.2 Å². The highest BCUT2D eigenvalue weighted by Gasteiger charge is 2.20. The SMILES string of the molecule is COC(=O)Nc1ccc2c(c1)N[C@@H](C(=O)O)CCCCC[C@H](N)c1cncc-2c1. The van der Waals surface area contributed by atoms with E-state index in [1.165, 1.54) is 7.11 Å². The highest BCUT2D eigenvalue weighted by molar-refractivity contribution is 5.89. The van der Waals surface area contributed by atoms with Gasteiger partial charge in [-0.15, -0.1) is 0 Å². The zero-order valence-corrected chi connectivity index (χ0v) is 16.4. The molecule has 8 heteroatoms. The maximum Gasteiger partial charge on any atom is 0.411 e. The normalized spacial score (nSPS) is 19.4. The Labute approximate surface area is 169 Å². The van der Waals surface area contributed by atoms with E-state index in [1.54, 1.807) is 24.5 Å². The third-order valence-corrected chi connectivity index (χ3v) is 5.09. The monoisotopic (exact) mass is 398 g/mol. The fraction of sp³-hybridized carbons (Fsp3) is 0.381. The number of methoxy groups -OCH3 is 1. The van der Waals surface area contributed by atoms with Gasteiger partial charge in [0.15, 0.2) is 0 Å². The Morgan fingerprint density at radius 3 is 2.76 bits per heavy atom. The number of anilines is 2. The predicted molar refractivity (Wildman–Crippen MR) is 111 cm³/mol. The van der Waals surface area contributed by atoms with E-state index >= 15 is 0 Å². The van der Waals surface area contributed by atoms with E-state index in [0.29, 0.717) is 17.8 Å². The maximum absolute atomic E-state index is 11.8. The molecular weight excluding hydrogens is 372 g/mol. The number of carbonyl (C=O) groups is 2. The molecule has 0 saturated heterocycles. The smallest absolute Gasteiger partial charge is 0.411 e. The van der Waals surface area contributed by atoms with E-state index in [4.69, 9.17) is 5.73 Å². The summed E-state index contributed by atoms with van der Waals surface area (Å²) in [4.78, 5) is 27.7. The van der Waals surface area contributed by atoms with Gasteiger partial charge in [-0.05, 0) is 36.6 Å². The Morgan fingerprint density at radius 2 is 2.00 bits per heavy atom. The molecule has 0 fully saturated rings. The highest BCUT2D eigenvalue weighted by Crippen LogP contribution is 2.33. The summed E-state index contributed by atoms with van der Waals surface area (Å²) in [5.41, 5.74) is 9.99. The van der Waals surface area contributed by atoms with Crippen molar-refractivity contribution < 1.29 is 19.4 Å². The van der Waals surface area contributed by atoms with Crippen LogP contribution in [-0.4, -0.2) is 35.3 Å². The number of amides is 1. The topological polar surface area (TPSA) is 127 Å². The zero-order chi connectivity index (χ0) is 20.8. The van der Waals surface area contributed by atoms with Gasteiger partial charge in [0.25, 0.3) is 0 Å². The second kappa shape index (κ2) is 9.38. The molecule has 1 aliphatic heterocycles. The molecule has 0 spiro atoms. The molecule has 2 bridgehead atoms. The van der Waals surface area contributed by atoms with Gasteiger partial charge in [0.2, 0.25) is 0 Å². The molecule has 0 unspecified atom stereocenters. The Morgan fingerprint density at radius 1 is 1.21 bits per heavy atom. The number of nitrogens with one attached hydrogen (secondary N) is 2. The Kier molecular flexibility index (Phi) is 6.66. The number of hydrogen-bond donors (Lipinski definition) is 4. The first-order valence-electron chi connectivity index (χ1n) is 9.67. The summed E-state index contributed by atoms with van der Waals surface area (Å²) in [6.07, 6.45) is 6.83. The second-order valence-electron chi connectivity index (χ2n) is 7.16. The van der Waals surface area contributed by atoms with E-state index in [2.05, 4.69) is 20.4 Å². The number of carboxylic acids is 1. The molecule has 29 heavy (non-hydrogen) atoms. The fourth-order valence-corrected chi connectivity index (χ4v) is 3.47. The third-order valence-electron chi connectivity index (χ3n) is 5.09. The summed E-state index contributed by atoms with van der Waals surface area (Å²) in [5.74, 6) is -0.916. The lowest BCUT2D eigenvalue weighted by Gasteiger charge is -2.20. The average molecular weight is 398 g/mol. The predicted octanol–water partition coefficient (Wildman–Crippen LogP) is 3.76. The molecule has 2 aromatic rings. The summed E-state index contributed by atoms with van der Waals surface area (Å²) >= 11 is 0. The number of pyridine rings is 1. The first kappa shape index (κ1) is 20.6. The lowest BCUT2D eigenvalue weighted by Crippen LogP contribution is -2.29. The van der Waals surface area contributed by atoms with E-state index < -0.39 is 18.1 Å². The molecule has 3 rings (SSSR count). The van der Waals surface area contributed by atoms with E-state index in [9.17, 15) is 14.7 Å². The largest absolute Gasteiger partial charge is 0.480 e. The van der Waals surface area contributed by atoms with Gasteiger partial charge in [-0.2, -0.15) is 0 Å². The Balaban J connectivity index is 2.06. The van der Waals surface area contributed by atoms with Crippen molar-refractivity contribution in [2.24, 2.45) is 5.73 Å². The summed E-state index contributed by atoms with van der Waals surface area (Å²) in [6, 6.07) is 6.38. The molecule has 1 amide bonds. The minimum absolute atomic E-state index is 0.116. The second-order valence-corrected chi connectivity index (χ2v) is 7.16. The Hall–Kier alpha value is -3.13. The average Bonchev–Trinajstić information content (AvgIpc) is 2.72. The van der Waals surface area contributed by atoms with Crippen molar-refractivity contribution in [1.82, 2.24) is 4.98 Å².